The number of ether oxygens (including phenoxy) is 2. The van der Waals surface area contributed by atoms with Crippen LogP contribution in [0.2, 0.25) is 0 Å². The van der Waals surface area contributed by atoms with E-state index in [0.29, 0.717) is 18.9 Å². The molecule has 1 heterocycles. The topological polar surface area (TPSA) is 55.8 Å². The molecular formula is C18H25NO4S. The largest absolute Gasteiger partial charge is 0.494 e. The van der Waals surface area contributed by atoms with E-state index in [1.54, 1.807) is 16.7 Å². The first-order chi connectivity index (χ1) is 11.3. The molecule has 0 N–H and O–H groups in total. The third kappa shape index (κ3) is 5.16. The molecule has 0 radical (unpaired) electrons. The molecule has 1 atom stereocenters. The normalized spacial score (nSPS) is 17.9. The first-order valence-electron chi connectivity index (χ1n) is 8.16. The van der Waals surface area contributed by atoms with Gasteiger partial charge >= 0.3 is 5.97 Å². The second-order valence-electron chi connectivity index (χ2n) is 6.59. The van der Waals surface area contributed by atoms with Crippen molar-refractivity contribution in [1.82, 2.24) is 4.90 Å². The Labute approximate surface area is 147 Å². The van der Waals surface area contributed by atoms with Gasteiger partial charge in [0, 0.05) is 6.54 Å². The highest BCUT2D eigenvalue weighted by Crippen LogP contribution is 2.39. The quantitative estimate of drug-likeness (QED) is 0.735. The zero-order chi connectivity index (χ0) is 17.7. The smallest absolute Gasteiger partial charge is 0.308 e. The summed E-state index contributed by atoms with van der Waals surface area (Å²) in [6.07, 6.45) is 0.205. The van der Waals surface area contributed by atoms with E-state index in [4.69, 9.17) is 9.47 Å². The molecule has 0 aromatic heterocycles. The van der Waals surface area contributed by atoms with Gasteiger partial charge in [0.25, 0.3) is 0 Å². The second kappa shape index (κ2) is 7.92. The summed E-state index contributed by atoms with van der Waals surface area (Å²) in [5.41, 5.74) is 0.536. The molecule has 0 bridgehead atoms. The maximum Gasteiger partial charge on any atom is 0.308 e. The van der Waals surface area contributed by atoms with E-state index in [1.807, 2.05) is 52.0 Å². The Hall–Kier alpha value is -1.69. The maximum atomic E-state index is 12.2. The molecule has 1 aromatic rings. The van der Waals surface area contributed by atoms with Crippen molar-refractivity contribution < 1.29 is 19.1 Å². The van der Waals surface area contributed by atoms with E-state index in [0.717, 1.165) is 11.3 Å². The van der Waals surface area contributed by atoms with Gasteiger partial charge in [-0.1, -0.05) is 12.1 Å². The van der Waals surface area contributed by atoms with Crippen molar-refractivity contribution in [3.05, 3.63) is 29.8 Å². The number of carbonyl (C=O) groups is 2. The average Bonchev–Trinajstić information content (AvgIpc) is 2.85. The van der Waals surface area contributed by atoms with E-state index in [9.17, 15) is 9.59 Å². The van der Waals surface area contributed by atoms with Crippen molar-refractivity contribution in [2.45, 2.75) is 45.1 Å². The van der Waals surface area contributed by atoms with Crippen LogP contribution in [-0.2, 0) is 14.3 Å². The van der Waals surface area contributed by atoms with Gasteiger partial charge in [-0.25, -0.2) is 0 Å². The number of thioether (sulfide) groups is 1. The average molecular weight is 351 g/mol. The van der Waals surface area contributed by atoms with Gasteiger partial charge in [0.15, 0.2) is 0 Å². The molecular weight excluding hydrogens is 326 g/mol. The van der Waals surface area contributed by atoms with Crippen LogP contribution in [0.25, 0.3) is 0 Å². The molecule has 1 aliphatic rings. The van der Waals surface area contributed by atoms with Gasteiger partial charge < -0.3 is 14.4 Å². The van der Waals surface area contributed by atoms with Crippen LogP contribution in [-0.4, -0.2) is 41.3 Å². The fraction of sp³-hybridized carbons (Fsp3) is 0.556. The molecule has 5 nitrogen and oxygen atoms in total. The number of nitrogens with zero attached hydrogens (tertiary/aromatic N) is 1. The lowest BCUT2D eigenvalue weighted by atomic mass is 10.2. The molecule has 0 aliphatic carbocycles. The van der Waals surface area contributed by atoms with Gasteiger partial charge in [0.1, 0.15) is 16.7 Å². The minimum Gasteiger partial charge on any atom is -0.494 e. The van der Waals surface area contributed by atoms with E-state index >= 15 is 0 Å². The maximum absolute atomic E-state index is 12.2. The second-order valence-corrected chi connectivity index (χ2v) is 7.66. The fourth-order valence-electron chi connectivity index (χ4n) is 2.47. The summed E-state index contributed by atoms with van der Waals surface area (Å²) in [5, 5.41) is -0.0596. The zero-order valence-electron chi connectivity index (χ0n) is 14.7. The van der Waals surface area contributed by atoms with Crippen molar-refractivity contribution >= 4 is 23.6 Å². The van der Waals surface area contributed by atoms with Crippen molar-refractivity contribution in [3.8, 4) is 5.75 Å². The van der Waals surface area contributed by atoms with Crippen LogP contribution in [0.3, 0.4) is 0 Å². The van der Waals surface area contributed by atoms with Gasteiger partial charge in [-0.15, -0.1) is 11.8 Å². The number of carbonyl (C=O) groups excluding carboxylic acids is 2. The Morgan fingerprint density at radius 2 is 1.96 bits per heavy atom. The summed E-state index contributed by atoms with van der Waals surface area (Å²) < 4.78 is 10.8. The predicted molar refractivity (Wildman–Crippen MR) is 95.0 cm³/mol. The molecule has 1 aliphatic heterocycles. The van der Waals surface area contributed by atoms with Crippen molar-refractivity contribution in [2.24, 2.45) is 0 Å². The van der Waals surface area contributed by atoms with Gasteiger partial charge in [0.05, 0.1) is 18.8 Å². The summed E-state index contributed by atoms with van der Waals surface area (Å²) in [7, 11) is 0. The summed E-state index contributed by atoms with van der Waals surface area (Å²) in [4.78, 5) is 25.8. The number of benzene rings is 1. The molecule has 132 valence electrons. The summed E-state index contributed by atoms with van der Waals surface area (Å²) in [6.45, 7) is 8.45. The monoisotopic (exact) mass is 351 g/mol. The predicted octanol–water partition coefficient (Wildman–Crippen LogP) is 3.39. The standard InChI is InChI=1S/C18H25NO4S/c1-5-22-14-8-6-13(7-9-14)17-19(15(20)12-24-17)11-10-16(21)23-18(2,3)4/h6-9,17H,5,10-12H2,1-4H3. The zero-order valence-corrected chi connectivity index (χ0v) is 15.5. The summed E-state index contributed by atoms with van der Waals surface area (Å²) >= 11 is 1.58. The highest BCUT2D eigenvalue weighted by Gasteiger charge is 2.33. The molecule has 1 fully saturated rings. The van der Waals surface area contributed by atoms with Gasteiger partial charge in [0.2, 0.25) is 5.91 Å². The lowest BCUT2D eigenvalue weighted by molar-refractivity contribution is -0.155. The van der Waals surface area contributed by atoms with E-state index in [2.05, 4.69) is 0 Å². The van der Waals surface area contributed by atoms with E-state index < -0.39 is 5.60 Å². The van der Waals surface area contributed by atoms with E-state index in [-0.39, 0.29) is 23.7 Å². The number of hydrogen-bond acceptors (Lipinski definition) is 5. The van der Waals surface area contributed by atoms with Crippen LogP contribution >= 0.6 is 11.8 Å². The molecule has 0 spiro atoms. The van der Waals surface area contributed by atoms with Crippen molar-refractivity contribution in [3.63, 3.8) is 0 Å². The third-order valence-corrected chi connectivity index (χ3v) is 4.68. The van der Waals surface area contributed by atoms with Crippen LogP contribution in [0.15, 0.2) is 24.3 Å². The third-order valence-electron chi connectivity index (χ3n) is 3.42. The Kier molecular flexibility index (Phi) is 6.15. The first kappa shape index (κ1) is 18.6. The number of esters is 1. The highest BCUT2D eigenvalue weighted by molar-refractivity contribution is 8.00. The first-order valence-corrected chi connectivity index (χ1v) is 9.20. The minimum absolute atomic E-state index is 0.0578. The van der Waals surface area contributed by atoms with Gasteiger partial charge in [-0.3, -0.25) is 9.59 Å². The highest BCUT2D eigenvalue weighted by atomic mass is 32.2. The van der Waals surface area contributed by atoms with Crippen LogP contribution in [0.5, 0.6) is 5.75 Å². The Morgan fingerprint density at radius 1 is 1.29 bits per heavy atom. The fourth-order valence-corrected chi connectivity index (χ4v) is 3.69. The molecule has 24 heavy (non-hydrogen) atoms. The Bertz CT molecular complexity index is 580. The Balaban J connectivity index is 1.99. The van der Waals surface area contributed by atoms with Gasteiger partial charge in [-0.2, -0.15) is 0 Å². The van der Waals surface area contributed by atoms with Crippen molar-refractivity contribution in [2.75, 3.05) is 18.9 Å². The van der Waals surface area contributed by atoms with Crippen LogP contribution in [0, 0.1) is 0 Å². The molecule has 6 heteroatoms. The van der Waals surface area contributed by atoms with Gasteiger partial charge in [-0.05, 0) is 45.4 Å². The minimum atomic E-state index is -0.505. The SMILES string of the molecule is CCOc1ccc(C2SCC(=O)N2CCC(=O)OC(C)(C)C)cc1. The van der Waals surface area contributed by atoms with Crippen molar-refractivity contribution in [1.29, 1.82) is 0 Å². The molecule has 1 saturated heterocycles. The molecule has 0 saturated carbocycles. The van der Waals surface area contributed by atoms with Crippen LogP contribution < -0.4 is 4.74 Å². The lowest BCUT2D eigenvalue weighted by Gasteiger charge is -2.25. The lowest BCUT2D eigenvalue weighted by Crippen LogP contribution is -2.32. The van der Waals surface area contributed by atoms with Crippen LogP contribution in [0.4, 0.5) is 0 Å². The molecule has 1 amide bonds. The van der Waals surface area contributed by atoms with E-state index in [1.165, 1.54) is 0 Å². The number of amides is 1. The molecule has 2 rings (SSSR count). The molecule has 1 unspecified atom stereocenters. The summed E-state index contributed by atoms with van der Waals surface area (Å²) in [6, 6.07) is 7.77. The Morgan fingerprint density at radius 3 is 2.54 bits per heavy atom. The number of hydrogen-bond donors (Lipinski definition) is 0. The number of rotatable bonds is 6. The van der Waals surface area contributed by atoms with Crippen LogP contribution in [0.1, 0.15) is 45.1 Å². The molecule has 1 aromatic carbocycles. The summed E-state index contributed by atoms with van der Waals surface area (Å²) in [5.74, 6) is 1.03.